The number of hydrogen-bond donors (Lipinski definition) is 5. The van der Waals surface area contributed by atoms with Gasteiger partial charge in [-0.05, 0) is 6.92 Å². The van der Waals surface area contributed by atoms with Crippen molar-refractivity contribution in [2.75, 3.05) is 7.11 Å². The minimum atomic E-state index is -1.53. The standard InChI is InChI=1S/C13H18N2O7.3Ac/c1-5-8(16)10(18)11(19)13(22-5)15-12(20)7-9(17)6(21-2)3-4-14-7;;;/h3-5,8,10-11,13,16-19H,1-2H3,(H,15,20);;;/t5-,8?,10?,11?,13?;;;/m0.../s1. The Morgan fingerprint density at radius 2 is 1.80 bits per heavy atom. The minimum absolute atomic E-state index is 0. The van der Waals surface area contributed by atoms with Gasteiger partial charge in [0.15, 0.2) is 23.4 Å². The Balaban J connectivity index is 0. The number of aliphatic hydroxyl groups excluding tert-OH is 3. The predicted molar refractivity (Wildman–Crippen MR) is 72.3 cm³/mol. The van der Waals surface area contributed by atoms with Gasteiger partial charge in [0.25, 0.3) is 5.91 Å². The van der Waals surface area contributed by atoms with Gasteiger partial charge in [-0.3, -0.25) is 4.79 Å². The second kappa shape index (κ2) is 13.6. The van der Waals surface area contributed by atoms with Crippen LogP contribution in [0.4, 0.5) is 0 Å². The Labute approximate surface area is 252 Å². The number of aromatic nitrogens is 1. The molecule has 0 saturated carbocycles. The number of nitrogens with zero attached hydrogens (tertiary/aromatic N) is 1. The number of ether oxygens (including phenoxy) is 2. The number of aromatic hydroxyl groups is 1. The van der Waals surface area contributed by atoms with Gasteiger partial charge in [-0.1, -0.05) is 0 Å². The van der Waals surface area contributed by atoms with Crippen molar-refractivity contribution in [3.63, 3.8) is 0 Å². The van der Waals surface area contributed by atoms with Crippen molar-refractivity contribution in [3.05, 3.63) is 18.0 Å². The molecule has 0 aliphatic carbocycles. The normalized spacial score (nSPS) is 27.8. The summed E-state index contributed by atoms with van der Waals surface area (Å²) >= 11 is 0. The molecule has 1 amide bonds. The van der Waals surface area contributed by atoms with Gasteiger partial charge in [0.1, 0.15) is 18.3 Å². The van der Waals surface area contributed by atoms with E-state index in [9.17, 15) is 25.2 Å². The SMILES string of the molecule is COc1ccnc(C(=O)NC2O[C@@H](C)C(O)C(O)C2O)c1O.[Ac].[Ac].[Ac]. The number of amides is 1. The van der Waals surface area contributed by atoms with Crippen molar-refractivity contribution >= 4 is 5.91 Å². The van der Waals surface area contributed by atoms with Gasteiger partial charge >= 0.3 is 0 Å². The third kappa shape index (κ3) is 7.29. The number of carbonyl (C=O) groups is 1. The average Bonchev–Trinajstić information content (AvgIpc) is 2.50. The Kier molecular flexibility index (Phi) is 16.1. The van der Waals surface area contributed by atoms with Crippen LogP contribution < -0.4 is 10.1 Å². The van der Waals surface area contributed by atoms with E-state index >= 15 is 0 Å². The van der Waals surface area contributed by atoms with E-state index in [-0.39, 0.29) is 144 Å². The number of nitrogens with one attached hydrogen (secondary N) is 1. The molecule has 0 spiro atoms. The molecule has 1 aliphatic rings. The Hall–Kier alpha value is 2.38. The molecule has 9 nitrogen and oxygen atoms in total. The average molecular weight is 995 g/mol. The first-order valence-corrected chi connectivity index (χ1v) is 6.59. The van der Waals surface area contributed by atoms with Gasteiger partial charge in [0.05, 0.1) is 13.2 Å². The van der Waals surface area contributed by atoms with Gasteiger partial charge in [0.2, 0.25) is 0 Å². The van der Waals surface area contributed by atoms with Crippen molar-refractivity contribution in [1.82, 2.24) is 10.3 Å². The van der Waals surface area contributed by atoms with Gasteiger partial charge in [0, 0.05) is 144 Å². The van der Waals surface area contributed by atoms with E-state index in [0.29, 0.717) is 0 Å². The van der Waals surface area contributed by atoms with Crippen molar-refractivity contribution in [2.24, 2.45) is 0 Å². The second-order valence-corrected chi connectivity index (χ2v) is 4.92. The van der Waals surface area contributed by atoms with Gasteiger partial charge in [-0.15, -0.1) is 0 Å². The van der Waals surface area contributed by atoms with E-state index in [1.165, 1.54) is 26.3 Å². The predicted octanol–water partition coefficient (Wildman–Crippen LogP) is -1.65. The molecule has 1 aromatic rings. The summed E-state index contributed by atoms with van der Waals surface area (Å²) in [4.78, 5) is 15.9. The van der Waals surface area contributed by atoms with Crippen molar-refractivity contribution in [1.29, 1.82) is 0 Å². The van der Waals surface area contributed by atoms with E-state index < -0.39 is 42.3 Å². The van der Waals surface area contributed by atoms with Gasteiger partial charge in [-0.25, -0.2) is 4.98 Å². The van der Waals surface area contributed by atoms with Crippen LogP contribution in [0, 0.1) is 132 Å². The van der Waals surface area contributed by atoms with Crippen LogP contribution in [-0.4, -0.2) is 69.1 Å². The molecule has 5 N–H and O–H groups in total. The molecule has 4 unspecified atom stereocenters. The van der Waals surface area contributed by atoms with E-state index in [0.717, 1.165) is 0 Å². The van der Waals surface area contributed by atoms with Crippen LogP contribution in [0.1, 0.15) is 17.4 Å². The minimum Gasteiger partial charge on any atom is -0.503 e. The Morgan fingerprint density at radius 1 is 1.20 bits per heavy atom. The maximum Gasteiger partial charge on any atom is 0.275 e. The quantitative estimate of drug-likeness (QED) is 0.243. The number of carbonyl (C=O) groups excluding carboxylic acids is 1. The first-order chi connectivity index (χ1) is 10.4. The molecule has 5 atom stereocenters. The number of methoxy groups -OCH3 is 1. The zero-order chi connectivity index (χ0) is 16.4. The molecule has 2 heterocycles. The van der Waals surface area contributed by atoms with Crippen molar-refractivity contribution in [3.8, 4) is 11.5 Å². The van der Waals surface area contributed by atoms with Crippen LogP contribution in [-0.2, 0) is 4.74 Å². The third-order valence-electron chi connectivity index (χ3n) is 3.45. The number of pyridine rings is 1. The molecule has 12 heteroatoms. The Bertz CT molecular complexity index is 566. The summed E-state index contributed by atoms with van der Waals surface area (Å²) in [6.07, 6.45) is -5.05. The fourth-order valence-corrected chi connectivity index (χ4v) is 2.14. The van der Waals surface area contributed by atoms with Crippen LogP contribution >= 0.6 is 0 Å². The van der Waals surface area contributed by atoms with Crippen LogP contribution in [0.2, 0.25) is 0 Å². The summed E-state index contributed by atoms with van der Waals surface area (Å²) in [6.45, 7) is 1.49. The Morgan fingerprint density at radius 3 is 2.36 bits per heavy atom. The van der Waals surface area contributed by atoms with Crippen LogP contribution in [0.5, 0.6) is 11.5 Å². The first kappa shape index (κ1) is 29.6. The fraction of sp³-hybridized carbons (Fsp3) is 0.538. The molecule has 131 valence electrons. The van der Waals surface area contributed by atoms with E-state index in [1.807, 2.05) is 0 Å². The summed E-state index contributed by atoms with van der Waals surface area (Å²) in [5.74, 6) is -1.22. The van der Waals surface area contributed by atoms with Gasteiger partial charge in [-0.2, -0.15) is 0 Å². The van der Waals surface area contributed by atoms with E-state index in [1.54, 1.807) is 0 Å². The summed E-state index contributed by atoms with van der Waals surface area (Å²) in [7, 11) is 1.32. The van der Waals surface area contributed by atoms with Crippen LogP contribution in [0.15, 0.2) is 12.3 Å². The molecule has 0 aromatic carbocycles. The number of aliphatic hydroxyl groups is 3. The summed E-state index contributed by atoms with van der Waals surface area (Å²) in [5, 5.41) is 41.3. The van der Waals surface area contributed by atoms with Crippen LogP contribution in [0.3, 0.4) is 0 Å². The topological polar surface area (TPSA) is 141 Å². The van der Waals surface area contributed by atoms with Crippen LogP contribution in [0.25, 0.3) is 0 Å². The number of rotatable bonds is 3. The largest absolute Gasteiger partial charge is 0.503 e. The molecular weight excluding hydrogens is 977 g/mol. The maximum atomic E-state index is 12.1. The molecule has 1 aromatic heterocycles. The van der Waals surface area contributed by atoms with Crippen molar-refractivity contribution in [2.45, 2.75) is 37.6 Å². The monoisotopic (exact) mass is 995 g/mol. The van der Waals surface area contributed by atoms with Crippen molar-refractivity contribution < 1.29 is 167 Å². The first-order valence-electron chi connectivity index (χ1n) is 6.59. The molecular formula is C13H18Ac3N2O7. The summed E-state index contributed by atoms with van der Waals surface area (Å²) in [5.41, 5.74) is -0.316. The molecule has 1 aliphatic heterocycles. The molecule has 0 bridgehead atoms. The zero-order valence-corrected chi connectivity index (χ0v) is 28.0. The second-order valence-electron chi connectivity index (χ2n) is 4.92. The smallest absolute Gasteiger partial charge is 0.275 e. The molecule has 25 heavy (non-hydrogen) atoms. The summed E-state index contributed by atoms with van der Waals surface area (Å²) < 4.78 is 10.1. The van der Waals surface area contributed by atoms with E-state index in [2.05, 4.69) is 10.3 Å². The van der Waals surface area contributed by atoms with E-state index in [4.69, 9.17) is 9.47 Å². The third-order valence-corrected chi connectivity index (χ3v) is 3.45. The number of hydrogen-bond acceptors (Lipinski definition) is 8. The molecule has 1 fully saturated rings. The molecule has 1 saturated heterocycles. The summed E-state index contributed by atoms with van der Waals surface area (Å²) in [6, 6.07) is 1.38. The fourth-order valence-electron chi connectivity index (χ4n) is 2.14. The van der Waals surface area contributed by atoms with Gasteiger partial charge < -0.3 is 35.2 Å². The molecule has 3 radical (unpaired) electrons. The zero-order valence-electron chi connectivity index (χ0n) is 13.7. The molecule has 2 rings (SSSR count). The maximum absolute atomic E-state index is 12.1.